The Morgan fingerprint density at radius 2 is 1.95 bits per heavy atom. The van der Waals surface area contributed by atoms with Crippen LogP contribution in [0.3, 0.4) is 0 Å². The van der Waals surface area contributed by atoms with Gasteiger partial charge in [-0.2, -0.15) is 0 Å². The molecular formula is C17H22O4. The third-order valence-electron chi connectivity index (χ3n) is 3.23. The summed E-state index contributed by atoms with van der Waals surface area (Å²) in [6.45, 7) is 7.77. The molecule has 0 N–H and O–H groups in total. The highest BCUT2D eigenvalue weighted by Crippen LogP contribution is 2.21. The van der Waals surface area contributed by atoms with E-state index >= 15 is 0 Å². The first-order valence-corrected chi connectivity index (χ1v) is 7.16. The normalized spacial score (nSPS) is 11.5. The standard InChI is InChI=1S/C17H22O4/c1-4-13(3)14-8-10-15(11-9-14)21-17(19)7-6-12-20-16(18)5-2/h5,8-11,13H,2,4,6-7,12H2,1,3H3. The molecule has 4 nitrogen and oxygen atoms in total. The van der Waals surface area contributed by atoms with Gasteiger partial charge in [0, 0.05) is 12.5 Å². The van der Waals surface area contributed by atoms with Crippen molar-refractivity contribution in [2.75, 3.05) is 6.61 Å². The number of ether oxygens (including phenoxy) is 2. The SMILES string of the molecule is C=CC(=O)OCCCC(=O)Oc1ccc(C(C)CC)cc1. The van der Waals surface area contributed by atoms with Gasteiger partial charge in [-0.15, -0.1) is 0 Å². The summed E-state index contributed by atoms with van der Waals surface area (Å²) in [6.07, 6.45) is 2.81. The van der Waals surface area contributed by atoms with Crippen LogP contribution in [0.15, 0.2) is 36.9 Å². The molecule has 21 heavy (non-hydrogen) atoms. The van der Waals surface area contributed by atoms with Crippen molar-refractivity contribution in [3.63, 3.8) is 0 Å². The summed E-state index contributed by atoms with van der Waals surface area (Å²) in [6, 6.07) is 7.56. The Bertz CT molecular complexity index is 476. The predicted molar refractivity (Wildman–Crippen MR) is 81.2 cm³/mol. The highest BCUT2D eigenvalue weighted by molar-refractivity contribution is 5.81. The maximum absolute atomic E-state index is 11.6. The van der Waals surface area contributed by atoms with Gasteiger partial charge in [-0.25, -0.2) is 4.79 Å². The first-order chi connectivity index (χ1) is 10.1. The predicted octanol–water partition coefficient (Wildman–Crippen LogP) is 3.61. The summed E-state index contributed by atoms with van der Waals surface area (Å²) >= 11 is 0. The monoisotopic (exact) mass is 290 g/mol. The van der Waals surface area contributed by atoms with E-state index in [1.807, 2.05) is 12.1 Å². The second-order valence-corrected chi connectivity index (χ2v) is 4.83. The Morgan fingerprint density at radius 3 is 2.52 bits per heavy atom. The molecule has 0 aliphatic heterocycles. The number of carbonyl (C=O) groups is 2. The second-order valence-electron chi connectivity index (χ2n) is 4.83. The van der Waals surface area contributed by atoms with E-state index < -0.39 is 5.97 Å². The summed E-state index contributed by atoms with van der Waals surface area (Å²) in [5.74, 6) is 0.217. The molecule has 0 aliphatic rings. The van der Waals surface area contributed by atoms with Crippen molar-refractivity contribution in [2.45, 2.75) is 39.0 Å². The van der Waals surface area contributed by atoms with Gasteiger partial charge in [-0.1, -0.05) is 32.6 Å². The first-order valence-electron chi connectivity index (χ1n) is 7.16. The molecule has 1 unspecified atom stereocenters. The van der Waals surface area contributed by atoms with Gasteiger partial charge < -0.3 is 9.47 Å². The number of hydrogen-bond acceptors (Lipinski definition) is 4. The second kappa shape index (κ2) is 8.95. The van der Waals surface area contributed by atoms with Gasteiger partial charge in [-0.3, -0.25) is 4.79 Å². The Balaban J connectivity index is 2.34. The molecule has 0 bridgehead atoms. The topological polar surface area (TPSA) is 52.6 Å². The molecule has 0 heterocycles. The first kappa shape index (κ1) is 17.0. The van der Waals surface area contributed by atoms with Crippen molar-refractivity contribution in [2.24, 2.45) is 0 Å². The summed E-state index contributed by atoms with van der Waals surface area (Å²) in [7, 11) is 0. The summed E-state index contributed by atoms with van der Waals surface area (Å²) in [5.41, 5.74) is 1.23. The van der Waals surface area contributed by atoms with Gasteiger partial charge in [0.1, 0.15) is 5.75 Å². The van der Waals surface area contributed by atoms with E-state index in [1.165, 1.54) is 5.56 Å². The van der Waals surface area contributed by atoms with E-state index in [4.69, 9.17) is 9.47 Å². The van der Waals surface area contributed by atoms with Gasteiger partial charge in [0.2, 0.25) is 0 Å². The maximum Gasteiger partial charge on any atom is 0.330 e. The molecule has 0 fully saturated rings. The molecule has 0 saturated heterocycles. The van der Waals surface area contributed by atoms with Crippen molar-refractivity contribution in [3.8, 4) is 5.75 Å². The minimum Gasteiger partial charge on any atom is -0.463 e. The lowest BCUT2D eigenvalue weighted by molar-refractivity contribution is -0.140. The van der Waals surface area contributed by atoms with Gasteiger partial charge in [-0.05, 0) is 36.5 Å². The van der Waals surface area contributed by atoms with E-state index in [1.54, 1.807) is 12.1 Å². The van der Waals surface area contributed by atoms with E-state index in [2.05, 4.69) is 20.4 Å². The van der Waals surface area contributed by atoms with Crippen LogP contribution in [0, 0.1) is 0 Å². The van der Waals surface area contributed by atoms with Gasteiger partial charge in [0.15, 0.2) is 0 Å². The van der Waals surface area contributed by atoms with E-state index in [9.17, 15) is 9.59 Å². The molecule has 114 valence electrons. The van der Waals surface area contributed by atoms with Crippen LogP contribution in [0.1, 0.15) is 44.6 Å². The van der Waals surface area contributed by atoms with E-state index in [-0.39, 0.29) is 19.0 Å². The molecule has 0 aromatic heterocycles. The van der Waals surface area contributed by atoms with Crippen LogP contribution in [0.25, 0.3) is 0 Å². The quantitative estimate of drug-likeness (QED) is 0.317. The van der Waals surface area contributed by atoms with Crippen LogP contribution in [0.2, 0.25) is 0 Å². The van der Waals surface area contributed by atoms with E-state index in [0.29, 0.717) is 18.1 Å². The smallest absolute Gasteiger partial charge is 0.330 e. The lowest BCUT2D eigenvalue weighted by atomic mass is 9.99. The van der Waals surface area contributed by atoms with Crippen LogP contribution in [-0.2, 0) is 14.3 Å². The zero-order chi connectivity index (χ0) is 15.7. The average molecular weight is 290 g/mol. The van der Waals surface area contributed by atoms with Crippen LogP contribution in [0.5, 0.6) is 5.75 Å². The van der Waals surface area contributed by atoms with Gasteiger partial charge in [0.25, 0.3) is 0 Å². The fourth-order valence-corrected chi connectivity index (χ4v) is 1.73. The average Bonchev–Trinajstić information content (AvgIpc) is 2.51. The van der Waals surface area contributed by atoms with Crippen molar-refractivity contribution < 1.29 is 19.1 Å². The molecule has 0 spiro atoms. The Morgan fingerprint density at radius 1 is 1.29 bits per heavy atom. The van der Waals surface area contributed by atoms with Crippen molar-refractivity contribution in [1.82, 2.24) is 0 Å². The molecule has 0 amide bonds. The minimum absolute atomic E-state index is 0.187. The molecule has 0 radical (unpaired) electrons. The summed E-state index contributed by atoms with van der Waals surface area (Å²) in [4.78, 5) is 22.4. The molecule has 1 rings (SSSR count). The van der Waals surface area contributed by atoms with Crippen molar-refractivity contribution in [1.29, 1.82) is 0 Å². The van der Waals surface area contributed by atoms with Crippen LogP contribution in [0.4, 0.5) is 0 Å². The molecule has 1 aromatic rings. The Labute approximate surface area is 125 Å². The largest absolute Gasteiger partial charge is 0.463 e. The fourth-order valence-electron chi connectivity index (χ4n) is 1.73. The number of rotatable bonds is 8. The van der Waals surface area contributed by atoms with Crippen molar-refractivity contribution >= 4 is 11.9 Å². The molecule has 1 atom stereocenters. The molecule has 0 aliphatic carbocycles. The van der Waals surface area contributed by atoms with Gasteiger partial charge in [0.05, 0.1) is 6.61 Å². The highest BCUT2D eigenvalue weighted by atomic mass is 16.5. The van der Waals surface area contributed by atoms with Crippen LogP contribution in [-0.4, -0.2) is 18.5 Å². The number of carbonyl (C=O) groups excluding carboxylic acids is 2. The van der Waals surface area contributed by atoms with Crippen LogP contribution < -0.4 is 4.74 Å². The Kier molecular flexibility index (Phi) is 7.23. The molecule has 4 heteroatoms. The zero-order valence-electron chi connectivity index (χ0n) is 12.6. The Hall–Kier alpha value is -2.10. The lowest BCUT2D eigenvalue weighted by Gasteiger charge is -2.10. The third-order valence-corrected chi connectivity index (χ3v) is 3.23. The number of benzene rings is 1. The van der Waals surface area contributed by atoms with Crippen LogP contribution >= 0.6 is 0 Å². The fraction of sp³-hybridized carbons (Fsp3) is 0.412. The summed E-state index contributed by atoms with van der Waals surface area (Å²) in [5, 5.41) is 0. The molecular weight excluding hydrogens is 268 g/mol. The highest BCUT2D eigenvalue weighted by Gasteiger charge is 2.07. The third kappa shape index (κ3) is 6.25. The maximum atomic E-state index is 11.6. The van der Waals surface area contributed by atoms with Gasteiger partial charge >= 0.3 is 11.9 Å². The summed E-state index contributed by atoms with van der Waals surface area (Å²) < 4.78 is 10.00. The number of hydrogen-bond donors (Lipinski definition) is 0. The van der Waals surface area contributed by atoms with Crippen molar-refractivity contribution in [3.05, 3.63) is 42.5 Å². The minimum atomic E-state index is -0.482. The zero-order valence-corrected chi connectivity index (χ0v) is 12.6. The molecule has 0 saturated carbocycles. The molecule has 1 aromatic carbocycles. The number of esters is 2. The van der Waals surface area contributed by atoms with E-state index in [0.717, 1.165) is 12.5 Å². The lowest BCUT2D eigenvalue weighted by Crippen LogP contribution is -2.10.